The second-order valence-electron chi connectivity index (χ2n) is 4.75. The van der Waals surface area contributed by atoms with Crippen molar-refractivity contribution >= 4 is 28.9 Å². The van der Waals surface area contributed by atoms with Gasteiger partial charge < -0.3 is 5.32 Å². The molecule has 0 aliphatic heterocycles. The average Bonchev–Trinajstić information content (AvgIpc) is 2.53. The second kappa shape index (κ2) is 6.77. The zero-order valence-corrected chi connectivity index (χ0v) is 13.1. The molecule has 0 saturated carbocycles. The van der Waals surface area contributed by atoms with Gasteiger partial charge in [0, 0.05) is 23.9 Å². The molecule has 5 heteroatoms. The molecule has 0 unspecified atom stereocenters. The van der Waals surface area contributed by atoms with Crippen molar-refractivity contribution in [2.45, 2.75) is 6.54 Å². The molecule has 0 aliphatic carbocycles. The predicted octanol–water partition coefficient (Wildman–Crippen LogP) is 5.06. The number of nitrogens with zero attached hydrogens (tertiary/aromatic N) is 2. The van der Waals surface area contributed by atoms with Gasteiger partial charge in [-0.2, -0.15) is 0 Å². The number of rotatable bonds is 4. The first kappa shape index (κ1) is 14.8. The largest absolute Gasteiger partial charge is 0.381 e. The third kappa shape index (κ3) is 3.75. The first-order valence-electron chi connectivity index (χ1n) is 6.79. The maximum absolute atomic E-state index is 5.90. The van der Waals surface area contributed by atoms with Crippen LogP contribution in [0.3, 0.4) is 0 Å². The van der Waals surface area contributed by atoms with E-state index in [1.54, 1.807) is 0 Å². The Balaban J connectivity index is 1.72. The fraction of sp³-hybridized carbons (Fsp3) is 0.0588. The number of hydrogen-bond donors (Lipinski definition) is 1. The van der Waals surface area contributed by atoms with E-state index >= 15 is 0 Å². The first-order valence-corrected chi connectivity index (χ1v) is 7.54. The van der Waals surface area contributed by atoms with Crippen LogP contribution >= 0.6 is 23.2 Å². The fourth-order valence-corrected chi connectivity index (χ4v) is 2.48. The zero-order valence-electron chi connectivity index (χ0n) is 11.6. The molecular formula is C17H13Cl2N3. The Kier molecular flexibility index (Phi) is 4.56. The van der Waals surface area contributed by atoms with Crippen molar-refractivity contribution in [3.63, 3.8) is 0 Å². The molecule has 3 aromatic rings. The van der Waals surface area contributed by atoms with Gasteiger partial charge >= 0.3 is 0 Å². The van der Waals surface area contributed by atoms with Gasteiger partial charge in [-0.05, 0) is 29.8 Å². The van der Waals surface area contributed by atoms with E-state index in [1.165, 1.54) is 11.6 Å². The molecule has 0 bridgehead atoms. The van der Waals surface area contributed by atoms with E-state index in [0.29, 0.717) is 16.1 Å². The molecular weight excluding hydrogens is 317 g/mol. The van der Waals surface area contributed by atoms with Gasteiger partial charge in [0.1, 0.15) is 10.3 Å². The Bertz CT molecular complexity index is 738. The fourth-order valence-electron chi connectivity index (χ4n) is 2.06. The van der Waals surface area contributed by atoms with Crippen LogP contribution in [0.25, 0.3) is 11.4 Å². The summed E-state index contributed by atoms with van der Waals surface area (Å²) in [5.74, 6) is 0.520. The molecule has 0 fully saturated rings. The normalized spacial score (nSPS) is 10.5. The Morgan fingerprint density at radius 3 is 2.09 bits per heavy atom. The van der Waals surface area contributed by atoms with E-state index in [1.807, 2.05) is 42.5 Å². The SMILES string of the molecule is Clc1cc(Cl)nc(-c2ccc(NCc3ccccc3)cc2)n1. The maximum atomic E-state index is 5.90. The topological polar surface area (TPSA) is 37.8 Å². The van der Waals surface area contributed by atoms with Crippen molar-refractivity contribution < 1.29 is 0 Å². The minimum absolute atomic E-state index is 0.335. The van der Waals surface area contributed by atoms with E-state index in [0.717, 1.165) is 17.8 Å². The van der Waals surface area contributed by atoms with Crippen LogP contribution in [0.15, 0.2) is 60.7 Å². The van der Waals surface area contributed by atoms with E-state index < -0.39 is 0 Å². The van der Waals surface area contributed by atoms with E-state index in [2.05, 4.69) is 27.4 Å². The molecule has 3 rings (SSSR count). The van der Waals surface area contributed by atoms with Gasteiger partial charge in [0.2, 0.25) is 0 Å². The molecule has 0 amide bonds. The van der Waals surface area contributed by atoms with Gasteiger partial charge in [-0.15, -0.1) is 0 Å². The average molecular weight is 330 g/mol. The summed E-state index contributed by atoms with van der Waals surface area (Å²) in [7, 11) is 0. The molecule has 22 heavy (non-hydrogen) atoms. The molecule has 0 atom stereocenters. The van der Waals surface area contributed by atoms with Crippen molar-refractivity contribution in [1.29, 1.82) is 0 Å². The standard InChI is InChI=1S/C17H13Cl2N3/c18-15-10-16(19)22-17(21-15)13-6-8-14(9-7-13)20-11-12-4-2-1-3-5-12/h1-10,20H,11H2. The van der Waals surface area contributed by atoms with Crippen molar-refractivity contribution in [2.24, 2.45) is 0 Å². The summed E-state index contributed by atoms with van der Waals surface area (Å²) < 4.78 is 0. The molecule has 1 aromatic heterocycles. The Morgan fingerprint density at radius 1 is 0.818 bits per heavy atom. The van der Waals surface area contributed by atoms with Crippen molar-refractivity contribution in [1.82, 2.24) is 9.97 Å². The minimum atomic E-state index is 0.335. The number of nitrogens with one attached hydrogen (secondary N) is 1. The molecule has 0 aliphatic rings. The van der Waals surface area contributed by atoms with Crippen LogP contribution < -0.4 is 5.32 Å². The maximum Gasteiger partial charge on any atom is 0.162 e. The van der Waals surface area contributed by atoms with Crippen molar-refractivity contribution in [2.75, 3.05) is 5.32 Å². The van der Waals surface area contributed by atoms with Crippen LogP contribution in [0.5, 0.6) is 0 Å². The molecule has 0 saturated heterocycles. The van der Waals surface area contributed by atoms with Crippen molar-refractivity contribution in [3.05, 3.63) is 76.5 Å². The Morgan fingerprint density at radius 2 is 1.45 bits per heavy atom. The summed E-state index contributed by atoms with van der Waals surface area (Å²) in [5, 5.41) is 4.04. The highest BCUT2D eigenvalue weighted by molar-refractivity contribution is 6.33. The molecule has 2 aromatic carbocycles. The van der Waals surface area contributed by atoms with E-state index in [9.17, 15) is 0 Å². The quantitative estimate of drug-likeness (QED) is 0.679. The number of aromatic nitrogens is 2. The van der Waals surface area contributed by atoms with E-state index in [-0.39, 0.29) is 0 Å². The Hall–Kier alpha value is -2.10. The Labute approximate surface area is 139 Å². The van der Waals surface area contributed by atoms with Crippen LogP contribution in [0, 0.1) is 0 Å². The highest BCUT2D eigenvalue weighted by atomic mass is 35.5. The van der Waals surface area contributed by atoms with Crippen LogP contribution in [-0.4, -0.2) is 9.97 Å². The summed E-state index contributed by atoms with van der Waals surface area (Å²) >= 11 is 11.8. The second-order valence-corrected chi connectivity index (χ2v) is 5.53. The lowest BCUT2D eigenvalue weighted by atomic mass is 10.2. The first-order chi connectivity index (χ1) is 10.7. The summed E-state index contributed by atoms with van der Waals surface area (Å²) in [6.07, 6.45) is 0. The molecule has 3 nitrogen and oxygen atoms in total. The van der Waals surface area contributed by atoms with Crippen LogP contribution in [0.2, 0.25) is 10.3 Å². The third-order valence-electron chi connectivity index (χ3n) is 3.15. The van der Waals surface area contributed by atoms with Crippen LogP contribution in [0.1, 0.15) is 5.56 Å². The van der Waals surface area contributed by atoms with Gasteiger partial charge in [-0.25, -0.2) is 9.97 Å². The van der Waals surface area contributed by atoms with Crippen LogP contribution in [0.4, 0.5) is 5.69 Å². The number of halogens is 2. The lowest BCUT2D eigenvalue weighted by Crippen LogP contribution is -1.99. The number of anilines is 1. The molecule has 0 spiro atoms. The lowest BCUT2D eigenvalue weighted by Gasteiger charge is -2.07. The van der Waals surface area contributed by atoms with Crippen LogP contribution in [-0.2, 0) is 6.54 Å². The zero-order chi connectivity index (χ0) is 15.4. The molecule has 1 heterocycles. The predicted molar refractivity (Wildman–Crippen MR) is 91.3 cm³/mol. The minimum Gasteiger partial charge on any atom is -0.381 e. The summed E-state index contributed by atoms with van der Waals surface area (Å²) in [4.78, 5) is 8.35. The van der Waals surface area contributed by atoms with Gasteiger partial charge in [-0.3, -0.25) is 0 Å². The highest BCUT2D eigenvalue weighted by Crippen LogP contribution is 2.22. The summed E-state index contributed by atoms with van der Waals surface area (Å²) in [6.45, 7) is 0.777. The summed E-state index contributed by atoms with van der Waals surface area (Å²) in [5.41, 5.74) is 3.13. The highest BCUT2D eigenvalue weighted by Gasteiger charge is 2.05. The van der Waals surface area contributed by atoms with Gasteiger partial charge in [0.05, 0.1) is 0 Å². The third-order valence-corrected chi connectivity index (χ3v) is 3.53. The molecule has 0 radical (unpaired) electrons. The van der Waals surface area contributed by atoms with Gasteiger partial charge in [-0.1, -0.05) is 53.5 Å². The van der Waals surface area contributed by atoms with Gasteiger partial charge in [0.25, 0.3) is 0 Å². The molecule has 1 N–H and O–H groups in total. The smallest absolute Gasteiger partial charge is 0.162 e. The van der Waals surface area contributed by atoms with Crippen molar-refractivity contribution in [3.8, 4) is 11.4 Å². The van der Waals surface area contributed by atoms with Gasteiger partial charge in [0.15, 0.2) is 5.82 Å². The lowest BCUT2D eigenvalue weighted by molar-refractivity contribution is 1.15. The van der Waals surface area contributed by atoms with E-state index in [4.69, 9.17) is 23.2 Å². The number of benzene rings is 2. The summed E-state index contributed by atoms with van der Waals surface area (Å²) in [6, 6.07) is 19.6. The monoisotopic (exact) mass is 329 g/mol. The number of hydrogen-bond acceptors (Lipinski definition) is 3. The molecule has 110 valence electrons.